The van der Waals surface area contributed by atoms with E-state index >= 15 is 0 Å². The number of hydrogen-bond acceptors (Lipinski definition) is 3. The smallest absolute Gasteiger partial charge is 0.0715 e. The summed E-state index contributed by atoms with van der Waals surface area (Å²) in [5.41, 5.74) is 24.7. The number of para-hydroxylation sites is 4. The van der Waals surface area contributed by atoms with Crippen LogP contribution in [-0.4, -0.2) is 4.98 Å². The molecule has 0 amide bonds. The summed E-state index contributed by atoms with van der Waals surface area (Å²) >= 11 is 0. The molecule has 0 aliphatic rings. The number of nitrogens with zero attached hydrogens (tertiary/aromatic N) is 3. The van der Waals surface area contributed by atoms with Crippen molar-refractivity contribution in [3.05, 3.63) is 334 Å². The van der Waals surface area contributed by atoms with E-state index in [0.29, 0.717) is 0 Å². The van der Waals surface area contributed by atoms with Crippen molar-refractivity contribution < 1.29 is 0 Å². The Bertz CT molecular complexity index is 3800. The Morgan fingerprint density at radius 3 is 0.575 bits per heavy atom. The molecule has 0 spiro atoms. The fraction of sp³-hybridized carbons (Fsp3) is 0. The third kappa shape index (κ3) is 10.6. The lowest BCUT2D eigenvalue weighted by Gasteiger charge is -2.25. The van der Waals surface area contributed by atoms with Crippen molar-refractivity contribution in [2.45, 2.75) is 0 Å². The van der Waals surface area contributed by atoms with Crippen molar-refractivity contribution in [2.24, 2.45) is 0 Å². The van der Waals surface area contributed by atoms with Crippen LogP contribution in [0.5, 0.6) is 0 Å². The average Bonchev–Trinajstić information content (AvgIpc) is 3.55. The first-order valence-corrected chi connectivity index (χ1v) is 27.2. The highest BCUT2D eigenvalue weighted by Crippen LogP contribution is 2.39. The Hall–Kier alpha value is -10.6. The van der Waals surface area contributed by atoms with Crippen LogP contribution in [0.15, 0.2) is 334 Å². The predicted molar refractivity (Wildman–Crippen MR) is 337 cm³/mol. The number of aromatic nitrogens is 1. The number of hydrogen-bond donors (Lipinski definition) is 0. The molecule has 0 radical (unpaired) electrons. The molecule has 378 valence electrons. The van der Waals surface area contributed by atoms with Gasteiger partial charge in [-0.2, -0.15) is 0 Å². The zero-order valence-electron chi connectivity index (χ0n) is 44.1. The highest BCUT2D eigenvalue weighted by molar-refractivity contribution is 5.83. The van der Waals surface area contributed by atoms with Gasteiger partial charge in [0, 0.05) is 45.3 Å². The second-order valence-electron chi connectivity index (χ2n) is 20.0. The van der Waals surface area contributed by atoms with E-state index in [1.807, 2.05) is 0 Å². The van der Waals surface area contributed by atoms with E-state index < -0.39 is 0 Å². The summed E-state index contributed by atoms with van der Waals surface area (Å²) in [6.45, 7) is 0. The molecule has 13 rings (SSSR count). The molecule has 1 aromatic heterocycles. The molecule has 80 heavy (non-hydrogen) atoms. The first-order chi connectivity index (χ1) is 39.6. The van der Waals surface area contributed by atoms with Gasteiger partial charge in [0.2, 0.25) is 0 Å². The van der Waals surface area contributed by atoms with E-state index in [1.54, 1.807) is 0 Å². The van der Waals surface area contributed by atoms with Crippen LogP contribution in [0.3, 0.4) is 0 Å². The van der Waals surface area contributed by atoms with Crippen molar-refractivity contribution in [3.63, 3.8) is 0 Å². The normalized spacial score (nSPS) is 11.0. The van der Waals surface area contributed by atoms with Crippen LogP contribution in [0.25, 0.3) is 89.3 Å². The summed E-state index contributed by atoms with van der Waals surface area (Å²) in [4.78, 5) is 9.94. The van der Waals surface area contributed by atoms with Crippen LogP contribution in [0.1, 0.15) is 0 Å². The Labute approximate surface area is 469 Å². The second-order valence-corrected chi connectivity index (χ2v) is 20.0. The molecule has 0 saturated carbocycles. The molecular weight excluding hydrogens is 967 g/mol. The Kier molecular flexibility index (Phi) is 13.8. The van der Waals surface area contributed by atoms with Gasteiger partial charge < -0.3 is 9.80 Å². The number of anilines is 6. The largest absolute Gasteiger partial charge is 0.311 e. The molecule has 13 aromatic rings. The predicted octanol–water partition coefficient (Wildman–Crippen LogP) is 21.4. The van der Waals surface area contributed by atoms with Crippen LogP contribution in [0.4, 0.5) is 34.1 Å². The maximum absolute atomic E-state index is 5.36. The van der Waals surface area contributed by atoms with Crippen molar-refractivity contribution in [1.82, 2.24) is 4.98 Å². The van der Waals surface area contributed by atoms with Gasteiger partial charge in [-0.15, -0.1) is 0 Å². The summed E-state index contributed by atoms with van der Waals surface area (Å²) in [6.07, 6.45) is 0. The van der Waals surface area contributed by atoms with Crippen LogP contribution < -0.4 is 9.80 Å². The highest BCUT2D eigenvalue weighted by atomic mass is 15.1. The average molecular weight is 1020 g/mol. The molecule has 3 nitrogen and oxygen atoms in total. The standard InChI is InChI=1S/C77H55N3/c1-6-16-56(17-7-1)57-34-36-66(37-35-57)69-54-76(67-42-38-62(39-43-67)58-26-30-60(31-27-58)64-46-50-74(51-47-64)79(70-18-8-2-9-19-70)71-20-10-3-11-21-71)78-77(55-69)68-44-40-63(41-45-68)59-28-32-61(33-29-59)65-48-52-75(53-49-65)80(72-22-12-4-13-23-72)73-24-14-5-15-25-73/h1-55H. The molecule has 1 heterocycles. The van der Waals surface area contributed by atoms with Crippen molar-refractivity contribution in [2.75, 3.05) is 9.80 Å². The van der Waals surface area contributed by atoms with Crippen molar-refractivity contribution in [3.8, 4) is 89.3 Å². The SMILES string of the molecule is c1ccc(-c2ccc(-c3cc(-c4ccc(-c5ccc(-c6ccc(N(c7ccccc7)c7ccccc7)cc6)cc5)cc4)nc(-c4ccc(-c5ccc(-c6ccc(N(c7ccccc7)c7ccccc7)cc6)cc5)cc4)c3)cc2)cc1. The number of benzene rings is 12. The molecular formula is C77H55N3. The third-order valence-corrected chi connectivity index (χ3v) is 14.9. The summed E-state index contributed by atoms with van der Waals surface area (Å²) in [5, 5.41) is 0. The fourth-order valence-corrected chi connectivity index (χ4v) is 10.7. The van der Waals surface area contributed by atoms with Gasteiger partial charge in [-0.1, -0.05) is 249 Å². The van der Waals surface area contributed by atoms with Gasteiger partial charge in [0.1, 0.15) is 0 Å². The molecule has 0 unspecified atom stereocenters. The number of pyridine rings is 1. The molecule has 0 atom stereocenters. The summed E-state index contributed by atoms with van der Waals surface area (Å²) in [7, 11) is 0. The maximum atomic E-state index is 5.36. The van der Waals surface area contributed by atoms with Gasteiger partial charge in [0.15, 0.2) is 0 Å². The van der Waals surface area contributed by atoms with E-state index in [1.165, 1.54) is 33.4 Å². The zero-order chi connectivity index (χ0) is 53.5. The molecule has 0 aliphatic heterocycles. The van der Waals surface area contributed by atoms with Crippen molar-refractivity contribution >= 4 is 34.1 Å². The van der Waals surface area contributed by atoms with Gasteiger partial charge >= 0.3 is 0 Å². The lowest BCUT2D eigenvalue weighted by Crippen LogP contribution is -2.09. The second kappa shape index (κ2) is 22.5. The first-order valence-electron chi connectivity index (χ1n) is 27.2. The summed E-state index contributed by atoms with van der Waals surface area (Å²) < 4.78 is 0. The Morgan fingerprint density at radius 2 is 0.325 bits per heavy atom. The molecule has 0 saturated heterocycles. The van der Waals surface area contributed by atoms with Gasteiger partial charge in [0.05, 0.1) is 11.4 Å². The molecule has 0 aliphatic carbocycles. The van der Waals surface area contributed by atoms with Gasteiger partial charge in [0.25, 0.3) is 0 Å². The third-order valence-electron chi connectivity index (χ3n) is 14.9. The van der Waals surface area contributed by atoms with Crippen LogP contribution >= 0.6 is 0 Å². The highest BCUT2D eigenvalue weighted by Gasteiger charge is 2.16. The fourth-order valence-electron chi connectivity index (χ4n) is 10.7. The lowest BCUT2D eigenvalue weighted by molar-refractivity contribution is 1.28. The quantitative estimate of drug-likeness (QED) is 0.108. The van der Waals surface area contributed by atoms with Crippen molar-refractivity contribution in [1.29, 1.82) is 0 Å². The maximum Gasteiger partial charge on any atom is 0.0715 e. The van der Waals surface area contributed by atoms with Gasteiger partial charge in [-0.25, -0.2) is 4.98 Å². The van der Waals surface area contributed by atoms with Crippen LogP contribution in [0.2, 0.25) is 0 Å². The summed E-state index contributed by atoms with van der Waals surface area (Å²) in [5.74, 6) is 0. The molecule has 0 fully saturated rings. The van der Waals surface area contributed by atoms with Gasteiger partial charge in [-0.05, 0) is 152 Å². The first kappa shape index (κ1) is 49.0. The van der Waals surface area contributed by atoms with Gasteiger partial charge in [-0.3, -0.25) is 0 Å². The number of rotatable bonds is 14. The van der Waals surface area contributed by atoms with E-state index in [2.05, 4.69) is 343 Å². The Balaban J connectivity index is 0.747. The van der Waals surface area contributed by atoms with E-state index in [4.69, 9.17) is 4.98 Å². The molecule has 0 bridgehead atoms. The minimum atomic E-state index is 0.925. The molecule has 3 heteroatoms. The van der Waals surface area contributed by atoms with Crippen LogP contribution in [-0.2, 0) is 0 Å². The minimum Gasteiger partial charge on any atom is -0.311 e. The summed E-state index contributed by atoms with van der Waals surface area (Å²) in [6, 6.07) is 119. The molecule has 0 N–H and O–H groups in total. The monoisotopic (exact) mass is 1020 g/mol. The van der Waals surface area contributed by atoms with E-state index in [0.717, 1.165) is 90.0 Å². The lowest BCUT2D eigenvalue weighted by atomic mass is 9.96. The zero-order valence-corrected chi connectivity index (χ0v) is 44.1. The van der Waals surface area contributed by atoms with E-state index in [-0.39, 0.29) is 0 Å². The topological polar surface area (TPSA) is 19.4 Å². The van der Waals surface area contributed by atoms with E-state index in [9.17, 15) is 0 Å². The van der Waals surface area contributed by atoms with Crippen LogP contribution in [0, 0.1) is 0 Å². The Morgan fingerprint density at radius 1 is 0.150 bits per heavy atom. The minimum absolute atomic E-state index is 0.925. The molecule has 12 aromatic carbocycles.